The third-order valence-electron chi connectivity index (χ3n) is 3.13. The third-order valence-corrected chi connectivity index (χ3v) is 3.62. The summed E-state index contributed by atoms with van der Waals surface area (Å²) >= 11 is 6.19. The van der Waals surface area contributed by atoms with E-state index in [4.69, 9.17) is 17.3 Å². The van der Waals surface area contributed by atoms with Crippen LogP contribution >= 0.6 is 11.6 Å². The number of hydrogen-bond donors (Lipinski definition) is 1. The van der Waals surface area contributed by atoms with E-state index in [-0.39, 0.29) is 5.54 Å². The number of aromatic nitrogens is 2. The minimum Gasteiger partial charge on any atom is -0.325 e. The quantitative estimate of drug-likeness (QED) is 0.865. The van der Waals surface area contributed by atoms with E-state index in [1.54, 1.807) is 0 Å². The highest BCUT2D eigenvalue weighted by Crippen LogP contribution is 2.26. The lowest BCUT2D eigenvalue weighted by Crippen LogP contribution is -2.44. The van der Waals surface area contributed by atoms with Crippen LogP contribution in [-0.4, -0.2) is 15.3 Å². The fraction of sp³-hybridized carbons (Fsp3) is 0.727. The van der Waals surface area contributed by atoms with E-state index in [1.807, 2.05) is 18.7 Å². The predicted molar refractivity (Wildman–Crippen MR) is 64.1 cm³/mol. The maximum absolute atomic E-state index is 6.24. The number of nitrogens with two attached hydrogens (primary N) is 1. The smallest absolute Gasteiger partial charge is 0.0847 e. The highest BCUT2D eigenvalue weighted by molar-refractivity contribution is 6.31. The van der Waals surface area contributed by atoms with Gasteiger partial charge in [-0.1, -0.05) is 25.4 Å². The lowest BCUT2D eigenvalue weighted by Gasteiger charge is -2.29. The van der Waals surface area contributed by atoms with Gasteiger partial charge in [0.15, 0.2) is 0 Å². The van der Waals surface area contributed by atoms with E-state index in [2.05, 4.69) is 25.9 Å². The van der Waals surface area contributed by atoms with Crippen LogP contribution in [0.5, 0.6) is 0 Å². The number of halogens is 1. The van der Waals surface area contributed by atoms with E-state index >= 15 is 0 Å². The molecule has 15 heavy (non-hydrogen) atoms. The Kier molecular flexibility index (Phi) is 3.46. The lowest BCUT2D eigenvalue weighted by molar-refractivity contribution is 0.331. The third kappa shape index (κ3) is 2.52. The molecule has 1 unspecified atom stereocenters. The van der Waals surface area contributed by atoms with Gasteiger partial charge in [0.25, 0.3) is 0 Å². The topological polar surface area (TPSA) is 43.8 Å². The fourth-order valence-electron chi connectivity index (χ4n) is 1.44. The van der Waals surface area contributed by atoms with Gasteiger partial charge in [0.1, 0.15) is 0 Å². The van der Waals surface area contributed by atoms with Crippen molar-refractivity contribution < 1.29 is 0 Å². The van der Waals surface area contributed by atoms with Gasteiger partial charge in [-0.05, 0) is 19.8 Å². The molecule has 3 nitrogen and oxygen atoms in total. The molecule has 0 aliphatic carbocycles. The first-order chi connectivity index (χ1) is 6.75. The predicted octanol–water partition coefficient (Wildman–Crippen LogP) is 2.30. The Morgan fingerprint density at radius 1 is 1.53 bits per heavy atom. The minimum atomic E-state index is -0.246. The second-order valence-corrected chi connectivity index (χ2v) is 5.18. The van der Waals surface area contributed by atoms with Gasteiger partial charge in [0, 0.05) is 19.0 Å². The second-order valence-electron chi connectivity index (χ2n) is 4.81. The molecule has 1 aromatic heterocycles. The number of aryl methyl sites for hydroxylation is 2. The molecule has 0 radical (unpaired) electrons. The maximum atomic E-state index is 6.24. The zero-order valence-corrected chi connectivity index (χ0v) is 10.9. The normalized spacial score (nSPS) is 15.7. The Morgan fingerprint density at radius 2 is 2.07 bits per heavy atom. The molecule has 2 N–H and O–H groups in total. The minimum absolute atomic E-state index is 0.246. The Hall–Kier alpha value is -0.540. The Bertz CT molecular complexity index is 353. The number of nitrogens with zero attached hydrogens (tertiary/aromatic N) is 2. The molecule has 1 atom stereocenters. The first kappa shape index (κ1) is 12.5. The van der Waals surface area contributed by atoms with Crippen molar-refractivity contribution in [3.05, 3.63) is 16.4 Å². The Morgan fingerprint density at radius 3 is 2.40 bits per heavy atom. The molecule has 0 amide bonds. The van der Waals surface area contributed by atoms with Crippen LogP contribution in [0, 0.1) is 12.8 Å². The molecule has 0 aromatic carbocycles. The molecule has 0 fully saturated rings. The first-order valence-corrected chi connectivity index (χ1v) is 5.60. The van der Waals surface area contributed by atoms with Crippen molar-refractivity contribution in [1.29, 1.82) is 0 Å². The average molecular weight is 230 g/mol. The van der Waals surface area contributed by atoms with Gasteiger partial charge in [-0.2, -0.15) is 5.10 Å². The van der Waals surface area contributed by atoms with Gasteiger partial charge in [0.2, 0.25) is 0 Å². The largest absolute Gasteiger partial charge is 0.325 e. The van der Waals surface area contributed by atoms with Crippen molar-refractivity contribution in [2.75, 3.05) is 0 Å². The summed E-state index contributed by atoms with van der Waals surface area (Å²) in [6, 6.07) is 0. The number of rotatable bonds is 3. The van der Waals surface area contributed by atoms with Crippen molar-refractivity contribution >= 4 is 11.6 Å². The van der Waals surface area contributed by atoms with E-state index in [0.29, 0.717) is 5.92 Å². The van der Waals surface area contributed by atoms with Gasteiger partial charge in [0.05, 0.1) is 16.4 Å². The molecule has 1 heterocycles. The van der Waals surface area contributed by atoms with Gasteiger partial charge < -0.3 is 5.73 Å². The summed E-state index contributed by atoms with van der Waals surface area (Å²) in [7, 11) is 1.91. The molecule has 0 aliphatic rings. The van der Waals surface area contributed by atoms with Gasteiger partial charge >= 0.3 is 0 Å². The summed E-state index contributed by atoms with van der Waals surface area (Å²) in [6.07, 6.45) is 0.751. The standard InChI is InChI=1S/C11H20ClN3/c1-7(2)11(4,13)6-9-10(12)8(3)14-15(9)5/h7H,6,13H2,1-5H3. The molecule has 0 saturated heterocycles. The molecule has 0 saturated carbocycles. The summed E-state index contributed by atoms with van der Waals surface area (Å²) in [4.78, 5) is 0. The second kappa shape index (κ2) is 4.14. The Labute approximate surface area is 96.6 Å². The van der Waals surface area contributed by atoms with Crippen LogP contribution in [0.2, 0.25) is 5.02 Å². The molecule has 0 bridgehead atoms. The highest BCUT2D eigenvalue weighted by Gasteiger charge is 2.26. The average Bonchev–Trinajstić information content (AvgIpc) is 2.32. The molecule has 1 aromatic rings. The van der Waals surface area contributed by atoms with E-state index in [9.17, 15) is 0 Å². The summed E-state index contributed by atoms with van der Waals surface area (Å²) in [6.45, 7) is 8.21. The van der Waals surface area contributed by atoms with Crippen LogP contribution in [-0.2, 0) is 13.5 Å². The van der Waals surface area contributed by atoms with E-state index in [0.717, 1.165) is 22.8 Å². The van der Waals surface area contributed by atoms with Crippen molar-refractivity contribution in [3.8, 4) is 0 Å². The maximum Gasteiger partial charge on any atom is 0.0847 e. The zero-order chi connectivity index (χ0) is 11.8. The lowest BCUT2D eigenvalue weighted by atomic mass is 9.85. The summed E-state index contributed by atoms with van der Waals surface area (Å²) in [5, 5.41) is 5.03. The highest BCUT2D eigenvalue weighted by atomic mass is 35.5. The molecular weight excluding hydrogens is 210 g/mol. The van der Waals surface area contributed by atoms with Crippen molar-refractivity contribution in [1.82, 2.24) is 9.78 Å². The van der Waals surface area contributed by atoms with E-state index < -0.39 is 0 Å². The monoisotopic (exact) mass is 229 g/mol. The molecule has 4 heteroatoms. The summed E-state index contributed by atoms with van der Waals surface area (Å²) in [5.41, 5.74) is 7.88. The van der Waals surface area contributed by atoms with E-state index in [1.165, 1.54) is 0 Å². The van der Waals surface area contributed by atoms with Crippen molar-refractivity contribution in [2.45, 2.75) is 39.7 Å². The first-order valence-electron chi connectivity index (χ1n) is 5.22. The fourth-order valence-corrected chi connectivity index (χ4v) is 1.66. The summed E-state index contributed by atoms with van der Waals surface area (Å²) in [5.74, 6) is 0.406. The molecule has 1 rings (SSSR count). The molecular formula is C11H20ClN3. The van der Waals surface area contributed by atoms with Crippen LogP contribution in [0.4, 0.5) is 0 Å². The van der Waals surface area contributed by atoms with Crippen LogP contribution < -0.4 is 5.73 Å². The van der Waals surface area contributed by atoms with Crippen LogP contribution in [0.25, 0.3) is 0 Å². The molecule has 0 spiro atoms. The van der Waals surface area contributed by atoms with Crippen molar-refractivity contribution in [3.63, 3.8) is 0 Å². The SMILES string of the molecule is Cc1nn(C)c(CC(C)(N)C(C)C)c1Cl. The number of hydrogen-bond acceptors (Lipinski definition) is 2. The van der Waals surface area contributed by atoms with Crippen molar-refractivity contribution in [2.24, 2.45) is 18.7 Å². The van der Waals surface area contributed by atoms with Gasteiger partial charge in [-0.3, -0.25) is 4.68 Å². The van der Waals surface area contributed by atoms with Gasteiger partial charge in [-0.15, -0.1) is 0 Å². The van der Waals surface area contributed by atoms with Crippen LogP contribution in [0.3, 0.4) is 0 Å². The van der Waals surface area contributed by atoms with Gasteiger partial charge in [-0.25, -0.2) is 0 Å². The Balaban J connectivity index is 2.99. The van der Waals surface area contributed by atoms with Crippen LogP contribution in [0.15, 0.2) is 0 Å². The molecule has 86 valence electrons. The zero-order valence-electron chi connectivity index (χ0n) is 10.1. The van der Waals surface area contributed by atoms with Crippen LogP contribution in [0.1, 0.15) is 32.2 Å². The molecule has 0 aliphatic heterocycles. The summed E-state index contributed by atoms with van der Waals surface area (Å²) < 4.78 is 1.82.